The fourth-order valence-corrected chi connectivity index (χ4v) is 8.05. The van der Waals surface area contributed by atoms with Gasteiger partial charge >= 0.3 is 0 Å². The molecule has 2 N–H and O–H groups in total. The molecule has 6 aromatic rings. The molecule has 2 fully saturated rings. The van der Waals surface area contributed by atoms with Crippen LogP contribution in [0, 0.1) is 0 Å². The minimum absolute atomic E-state index is 0.114. The predicted octanol–water partition coefficient (Wildman–Crippen LogP) is 7.95. The first-order valence-electron chi connectivity index (χ1n) is 22.3. The molecule has 2 aliphatic rings. The summed E-state index contributed by atoms with van der Waals surface area (Å²) in [5, 5.41) is 24.0. The fraction of sp³-hybridized carbons (Fsp3) is 0.333. The summed E-state index contributed by atoms with van der Waals surface area (Å²) in [6.07, 6.45) is -9.77. The number of hydrogen-bond donors (Lipinski definition) is 2. The van der Waals surface area contributed by atoms with Crippen molar-refractivity contribution in [2.24, 2.45) is 0 Å². The van der Waals surface area contributed by atoms with Crippen LogP contribution in [0.25, 0.3) is 0 Å². The van der Waals surface area contributed by atoms with Gasteiger partial charge in [0.1, 0.15) is 48.8 Å². The molecule has 0 aliphatic carbocycles. The maximum atomic E-state index is 12.2. The van der Waals surface area contributed by atoms with Gasteiger partial charge in [0.25, 0.3) is 0 Å². The average Bonchev–Trinajstić information content (AvgIpc) is 3.36. The molecule has 0 unspecified atom stereocenters. The highest BCUT2D eigenvalue weighted by atomic mass is 16.7. The molecule has 8 rings (SSSR count). The summed E-state index contributed by atoms with van der Waals surface area (Å²) in [5.74, 6) is 0. The van der Waals surface area contributed by atoms with Crippen LogP contribution in [-0.4, -0.2) is 84.8 Å². The standard InChI is InChI=1S/C54H58O11/c55-47-50(60-34-42-25-13-4-14-26-42)48(58-32-40-21-9-2-10-22-40)45(37-57-31-39-19-7-1-8-20-39)65-54(47)63-38-46-49(59-33-41-23-11-3-12-24-41)51(61-35-43-27-15-5-16-28-43)52(53(56)64-46)62-36-44-29-17-6-18-30-44/h1-30,45-56H,31-38H2/t45-,46-,47+,48-,49-,50-,51+,52-,53+,54+/m1/s1. The summed E-state index contributed by atoms with van der Waals surface area (Å²) in [4.78, 5) is 0. The van der Waals surface area contributed by atoms with Crippen LogP contribution < -0.4 is 0 Å². The highest BCUT2D eigenvalue weighted by Gasteiger charge is 2.51. The third kappa shape index (κ3) is 13.5. The minimum atomic E-state index is -1.42. The van der Waals surface area contributed by atoms with E-state index in [0.29, 0.717) is 6.61 Å². The van der Waals surface area contributed by atoms with Gasteiger partial charge in [-0.15, -0.1) is 0 Å². The first-order chi connectivity index (χ1) is 32.1. The number of benzene rings is 6. The van der Waals surface area contributed by atoms with E-state index in [1.807, 2.05) is 182 Å². The topological polar surface area (TPSA) is 124 Å². The van der Waals surface area contributed by atoms with Gasteiger partial charge < -0.3 is 52.8 Å². The second kappa shape index (κ2) is 24.4. The van der Waals surface area contributed by atoms with Gasteiger partial charge in [0, 0.05) is 0 Å². The van der Waals surface area contributed by atoms with Gasteiger partial charge in [-0.1, -0.05) is 182 Å². The van der Waals surface area contributed by atoms with Crippen molar-refractivity contribution in [1.29, 1.82) is 0 Å². The Kier molecular flexibility index (Phi) is 17.4. The van der Waals surface area contributed by atoms with Crippen molar-refractivity contribution in [3.8, 4) is 0 Å². The molecule has 0 amide bonds. The summed E-state index contributed by atoms with van der Waals surface area (Å²) in [6.45, 7) is 1.39. The van der Waals surface area contributed by atoms with E-state index >= 15 is 0 Å². The number of ether oxygens (including phenoxy) is 9. The minimum Gasteiger partial charge on any atom is -0.385 e. The second-order valence-electron chi connectivity index (χ2n) is 16.2. The van der Waals surface area contributed by atoms with Crippen LogP contribution >= 0.6 is 0 Å². The lowest BCUT2D eigenvalue weighted by Gasteiger charge is -2.46. The van der Waals surface area contributed by atoms with Crippen molar-refractivity contribution in [2.45, 2.75) is 101 Å². The maximum Gasteiger partial charge on any atom is 0.186 e. The Balaban J connectivity index is 1.05. The number of aliphatic hydroxyl groups is 2. The number of rotatable bonds is 22. The molecule has 0 bridgehead atoms. The molecule has 0 saturated carbocycles. The SMILES string of the molecule is O[C@@H]1[C@@H](OC[C@H]2O[C@H](O)[C@H](OCc3ccccc3)[C@@H](OCc3ccccc3)[C@@H]2OCc2ccccc2)O[C@H](COCc2ccccc2)[C@@H](OCc2ccccc2)[C@@H]1OCc1ccccc1. The molecule has 2 aliphatic heterocycles. The van der Waals surface area contributed by atoms with Crippen molar-refractivity contribution in [2.75, 3.05) is 13.2 Å². The summed E-state index contributed by atoms with van der Waals surface area (Å²) in [5.41, 5.74) is 5.68. The summed E-state index contributed by atoms with van der Waals surface area (Å²) >= 11 is 0. The van der Waals surface area contributed by atoms with Gasteiger partial charge in [0.15, 0.2) is 12.6 Å². The molecular weight excluding hydrogens is 825 g/mol. The predicted molar refractivity (Wildman–Crippen MR) is 243 cm³/mol. The van der Waals surface area contributed by atoms with Gasteiger partial charge in [-0.05, 0) is 33.4 Å². The van der Waals surface area contributed by atoms with Crippen LogP contribution in [0.15, 0.2) is 182 Å². The first kappa shape index (κ1) is 46.4. The zero-order valence-electron chi connectivity index (χ0n) is 36.3. The van der Waals surface area contributed by atoms with E-state index in [-0.39, 0.29) is 46.2 Å². The quantitative estimate of drug-likeness (QED) is 0.0691. The third-order valence-corrected chi connectivity index (χ3v) is 11.5. The number of hydrogen-bond acceptors (Lipinski definition) is 11. The van der Waals surface area contributed by atoms with Crippen LogP contribution in [-0.2, 0) is 82.3 Å². The van der Waals surface area contributed by atoms with Crippen molar-refractivity contribution in [1.82, 2.24) is 0 Å². The molecular formula is C54H58O11. The van der Waals surface area contributed by atoms with Gasteiger partial charge in [-0.3, -0.25) is 0 Å². The lowest BCUT2D eigenvalue weighted by Crippen LogP contribution is -2.63. The summed E-state index contributed by atoms with van der Waals surface area (Å²) in [7, 11) is 0. The Bertz CT molecular complexity index is 2210. The molecule has 6 aromatic carbocycles. The Hall–Kier alpha value is -5.12. The van der Waals surface area contributed by atoms with Gasteiger partial charge in [0.2, 0.25) is 0 Å². The Morgan fingerprint density at radius 2 is 0.646 bits per heavy atom. The van der Waals surface area contributed by atoms with Crippen LogP contribution in [0.1, 0.15) is 33.4 Å². The van der Waals surface area contributed by atoms with E-state index in [1.54, 1.807) is 0 Å². The Labute approximate surface area is 381 Å². The molecule has 2 heterocycles. The maximum absolute atomic E-state index is 12.2. The smallest absolute Gasteiger partial charge is 0.186 e. The first-order valence-corrected chi connectivity index (χ1v) is 22.3. The Morgan fingerprint density at radius 3 is 1.06 bits per heavy atom. The summed E-state index contributed by atoms with van der Waals surface area (Å²) < 4.78 is 58.8. The van der Waals surface area contributed by atoms with Crippen LogP contribution in [0.4, 0.5) is 0 Å². The van der Waals surface area contributed by atoms with Gasteiger partial charge in [-0.2, -0.15) is 0 Å². The van der Waals surface area contributed by atoms with Crippen molar-refractivity contribution in [3.63, 3.8) is 0 Å². The highest BCUT2D eigenvalue weighted by Crippen LogP contribution is 2.33. The monoisotopic (exact) mass is 882 g/mol. The van der Waals surface area contributed by atoms with E-state index in [0.717, 1.165) is 33.4 Å². The van der Waals surface area contributed by atoms with Crippen LogP contribution in [0.5, 0.6) is 0 Å². The second-order valence-corrected chi connectivity index (χ2v) is 16.2. The molecule has 0 spiro atoms. The molecule has 10 atom stereocenters. The normalized spacial score (nSPS) is 25.6. The lowest BCUT2D eigenvalue weighted by atomic mass is 9.97. The molecule has 0 radical (unpaired) electrons. The molecule has 2 saturated heterocycles. The zero-order valence-corrected chi connectivity index (χ0v) is 36.3. The van der Waals surface area contributed by atoms with E-state index in [4.69, 9.17) is 42.6 Å². The molecule has 11 heteroatoms. The van der Waals surface area contributed by atoms with E-state index in [1.165, 1.54) is 0 Å². The van der Waals surface area contributed by atoms with E-state index in [2.05, 4.69) is 0 Å². The van der Waals surface area contributed by atoms with Gasteiger partial charge in [0.05, 0.1) is 52.9 Å². The molecule has 340 valence electrons. The van der Waals surface area contributed by atoms with Crippen LogP contribution in [0.3, 0.4) is 0 Å². The molecule has 11 nitrogen and oxygen atoms in total. The highest BCUT2D eigenvalue weighted by molar-refractivity contribution is 5.18. The molecule has 0 aromatic heterocycles. The van der Waals surface area contributed by atoms with Crippen molar-refractivity contribution >= 4 is 0 Å². The Morgan fingerprint density at radius 1 is 0.323 bits per heavy atom. The average molecular weight is 883 g/mol. The van der Waals surface area contributed by atoms with E-state index in [9.17, 15) is 10.2 Å². The summed E-state index contributed by atoms with van der Waals surface area (Å²) in [6, 6.07) is 58.8. The zero-order chi connectivity index (χ0) is 44.5. The molecule has 65 heavy (non-hydrogen) atoms. The van der Waals surface area contributed by atoms with Crippen molar-refractivity contribution in [3.05, 3.63) is 215 Å². The largest absolute Gasteiger partial charge is 0.385 e. The lowest BCUT2D eigenvalue weighted by molar-refractivity contribution is -0.344. The van der Waals surface area contributed by atoms with Crippen molar-refractivity contribution < 1.29 is 52.8 Å². The van der Waals surface area contributed by atoms with Gasteiger partial charge in [-0.25, -0.2) is 0 Å². The fourth-order valence-electron chi connectivity index (χ4n) is 8.05. The van der Waals surface area contributed by atoms with E-state index < -0.39 is 61.4 Å². The third-order valence-electron chi connectivity index (χ3n) is 11.5. The number of aliphatic hydroxyl groups excluding tert-OH is 2. The van der Waals surface area contributed by atoms with Crippen LogP contribution in [0.2, 0.25) is 0 Å².